The Hall–Kier alpha value is -0.900. The maximum Gasteiger partial charge on any atom is 0.417 e. The summed E-state index contributed by atoms with van der Waals surface area (Å²) in [6, 6.07) is 0.631. The molecule has 2 rings (SSSR count). The average molecular weight is 360 g/mol. The summed E-state index contributed by atoms with van der Waals surface area (Å²) in [5.41, 5.74) is -1.18. The third-order valence-electron chi connectivity index (χ3n) is 3.50. The van der Waals surface area contributed by atoms with E-state index in [1.807, 2.05) is 0 Å². The van der Waals surface area contributed by atoms with Crippen molar-refractivity contribution in [2.45, 2.75) is 30.0 Å². The number of alkyl halides is 3. The van der Waals surface area contributed by atoms with E-state index in [4.69, 9.17) is 0 Å². The van der Waals surface area contributed by atoms with Crippen molar-refractivity contribution < 1.29 is 21.6 Å². The molecule has 0 aromatic carbocycles. The number of nitrogens with zero attached hydrogens (tertiary/aromatic N) is 2. The molecule has 0 amide bonds. The van der Waals surface area contributed by atoms with Crippen molar-refractivity contribution in [3.8, 4) is 0 Å². The molecule has 2 heterocycles. The number of pyridine rings is 1. The summed E-state index contributed by atoms with van der Waals surface area (Å²) >= 11 is 0. The quantitative estimate of drug-likeness (QED) is 0.895. The fourth-order valence-corrected chi connectivity index (χ4v) is 4.03. The predicted molar refractivity (Wildman–Crippen MR) is 77.3 cm³/mol. The number of sulfonamides is 1. The van der Waals surface area contributed by atoms with Crippen LogP contribution >= 0.6 is 12.4 Å². The third-order valence-corrected chi connectivity index (χ3v) is 5.39. The normalized spacial score (nSPS) is 20.5. The average Bonchev–Trinajstić information content (AvgIpc) is 2.46. The van der Waals surface area contributed by atoms with E-state index in [1.165, 1.54) is 0 Å². The lowest BCUT2D eigenvalue weighted by atomic mass is 10.1. The Morgan fingerprint density at radius 1 is 1.41 bits per heavy atom. The van der Waals surface area contributed by atoms with E-state index in [-0.39, 0.29) is 31.5 Å². The van der Waals surface area contributed by atoms with E-state index >= 15 is 0 Å². The van der Waals surface area contributed by atoms with Crippen LogP contribution in [0, 0.1) is 0 Å². The predicted octanol–water partition coefficient (Wildman–Crippen LogP) is 1.89. The minimum atomic E-state index is -4.73. The fourth-order valence-electron chi connectivity index (χ4n) is 2.36. The van der Waals surface area contributed by atoms with Gasteiger partial charge in [-0.25, -0.2) is 8.42 Å². The molecule has 5 nitrogen and oxygen atoms in total. The maximum atomic E-state index is 13.0. The number of rotatable bonds is 3. The third kappa shape index (κ3) is 3.89. The highest BCUT2D eigenvalue weighted by Gasteiger charge is 2.40. The summed E-state index contributed by atoms with van der Waals surface area (Å²) in [6.07, 6.45) is -1.63. The Balaban J connectivity index is 0.00000242. The first-order valence-electron chi connectivity index (χ1n) is 6.45. The van der Waals surface area contributed by atoms with E-state index in [9.17, 15) is 21.6 Å². The Morgan fingerprint density at radius 3 is 2.68 bits per heavy atom. The van der Waals surface area contributed by atoms with Crippen LogP contribution in [-0.4, -0.2) is 43.9 Å². The van der Waals surface area contributed by atoms with Crippen molar-refractivity contribution in [3.05, 3.63) is 24.0 Å². The van der Waals surface area contributed by atoms with Crippen LogP contribution in [0.5, 0.6) is 0 Å². The number of hydrogen-bond acceptors (Lipinski definition) is 4. The van der Waals surface area contributed by atoms with Crippen LogP contribution in [0.25, 0.3) is 0 Å². The maximum absolute atomic E-state index is 13.0. The highest BCUT2D eigenvalue weighted by atomic mass is 35.5. The lowest BCUT2D eigenvalue weighted by molar-refractivity contribution is -0.140. The zero-order chi connectivity index (χ0) is 15.7. The first-order valence-corrected chi connectivity index (χ1v) is 7.89. The molecule has 1 N–H and O–H groups in total. The van der Waals surface area contributed by atoms with Crippen molar-refractivity contribution in [2.24, 2.45) is 0 Å². The minimum absolute atomic E-state index is 0. The molecule has 1 fully saturated rings. The van der Waals surface area contributed by atoms with Crippen LogP contribution < -0.4 is 5.32 Å². The van der Waals surface area contributed by atoms with Crippen LogP contribution in [0.1, 0.15) is 18.4 Å². The zero-order valence-corrected chi connectivity index (χ0v) is 13.4. The zero-order valence-electron chi connectivity index (χ0n) is 11.8. The number of aromatic nitrogens is 1. The Bertz CT molecular complexity index is 610. The molecule has 0 saturated carbocycles. The monoisotopic (exact) mass is 359 g/mol. The molecule has 1 aromatic heterocycles. The molecule has 1 saturated heterocycles. The second-order valence-corrected chi connectivity index (χ2v) is 6.77. The number of hydrogen-bond donors (Lipinski definition) is 1. The molecule has 126 valence electrons. The van der Waals surface area contributed by atoms with Gasteiger partial charge in [0.2, 0.25) is 10.0 Å². The van der Waals surface area contributed by atoms with Crippen LogP contribution in [-0.2, 0) is 16.2 Å². The number of nitrogens with one attached hydrogen (secondary N) is 1. The molecular weight excluding hydrogens is 343 g/mol. The molecule has 1 atom stereocenters. The summed E-state index contributed by atoms with van der Waals surface area (Å²) < 4.78 is 64.9. The first-order chi connectivity index (χ1) is 9.76. The molecule has 10 heteroatoms. The van der Waals surface area contributed by atoms with Gasteiger partial charge in [-0.2, -0.15) is 17.5 Å². The van der Waals surface area contributed by atoms with Crippen molar-refractivity contribution in [2.75, 3.05) is 20.1 Å². The standard InChI is InChI=1S/C12H16F3N3O2S.ClH/c1-16-9-3-2-6-18(8-9)21(19,20)11-7-17-5-4-10(11)12(13,14)15;/h4-5,7,9,16H,2-3,6,8H2,1H3;1H. The Kier molecular flexibility index (Phi) is 6.19. The van der Waals surface area contributed by atoms with E-state index in [0.717, 1.165) is 23.1 Å². The molecule has 1 aromatic rings. The lowest BCUT2D eigenvalue weighted by Gasteiger charge is -2.32. The molecule has 0 spiro atoms. The molecule has 0 bridgehead atoms. The van der Waals surface area contributed by atoms with Gasteiger partial charge in [-0.3, -0.25) is 4.98 Å². The second-order valence-electron chi connectivity index (χ2n) is 4.86. The van der Waals surface area contributed by atoms with Gasteiger partial charge in [0.15, 0.2) is 0 Å². The van der Waals surface area contributed by atoms with Gasteiger partial charge >= 0.3 is 6.18 Å². The minimum Gasteiger partial charge on any atom is -0.316 e. The number of halogens is 4. The van der Waals surface area contributed by atoms with Gasteiger partial charge in [0.25, 0.3) is 0 Å². The molecular formula is C12H17ClF3N3O2S. The Labute approximate surface area is 133 Å². The lowest BCUT2D eigenvalue weighted by Crippen LogP contribution is -2.47. The molecule has 0 aliphatic carbocycles. The van der Waals surface area contributed by atoms with Crippen molar-refractivity contribution in [1.29, 1.82) is 0 Å². The van der Waals surface area contributed by atoms with Crippen LogP contribution in [0.15, 0.2) is 23.4 Å². The highest BCUT2D eigenvalue weighted by molar-refractivity contribution is 7.89. The van der Waals surface area contributed by atoms with Gasteiger partial charge in [-0.15, -0.1) is 12.4 Å². The molecule has 1 unspecified atom stereocenters. The van der Waals surface area contributed by atoms with Crippen LogP contribution in [0.2, 0.25) is 0 Å². The largest absolute Gasteiger partial charge is 0.417 e. The van der Waals surface area contributed by atoms with Gasteiger partial charge in [0.05, 0.1) is 5.56 Å². The van der Waals surface area contributed by atoms with E-state index < -0.39 is 26.7 Å². The summed E-state index contributed by atoms with van der Waals surface area (Å²) in [4.78, 5) is 2.75. The van der Waals surface area contributed by atoms with E-state index in [0.29, 0.717) is 12.5 Å². The number of piperidine rings is 1. The molecule has 0 radical (unpaired) electrons. The first kappa shape index (κ1) is 19.1. The summed E-state index contributed by atoms with van der Waals surface area (Å²) in [5, 5.41) is 2.96. The van der Waals surface area contributed by atoms with Crippen molar-refractivity contribution >= 4 is 22.4 Å². The van der Waals surface area contributed by atoms with Gasteiger partial charge < -0.3 is 5.32 Å². The SMILES string of the molecule is CNC1CCCN(S(=O)(=O)c2cnccc2C(F)(F)F)C1.Cl. The highest BCUT2D eigenvalue weighted by Crippen LogP contribution is 2.35. The Morgan fingerprint density at radius 2 is 2.09 bits per heavy atom. The summed E-state index contributed by atoms with van der Waals surface area (Å²) in [7, 11) is -2.51. The smallest absolute Gasteiger partial charge is 0.316 e. The van der Waals surface area contributed by atoms with Crippen LogP contribution in [0.4, 0.5) is 13.2 Å². The second kappa shape index (κ2) is 7.12. The van der Waals surface area contributed by atoms with Gasteiger partial charge in [-0.05, 0) is 26.0 Å². The molecule has 1 aliphatic rings. The van der Waals surface area contributed by atoms with Gasteiger partial charge in [0, 0.05) is 31.5 Å². The van der Waals surface area contributed by atoms with E-state index in [1.54, 1.807) is 7.05 Å². The summed E-state index contributed by atoms with van der Waals surface area (Å²) in [6.45, 7) is 0.373. The molecule has 22 heavy (non-hydrogen) atoms. The fraction of sp³-hybridized carbons (Fsp3) is 0.583. The molecule has 1 aliphatic heterocycles. The van der Waals surface area contributed by atoms with Crippen LogP contribution in [0.3, 0.4) is 0 Å². The van der Waals surface area contributed by atoms with E-state index in [2.05, 4.69) is 10.3 Å². The number of likely N-dealkylation sites (N-methyl/N-ethyl adjacent to an activating group) is 1. The topological polar surface area (TPSA) is 62.3 Å². The van der Waals surface area contributed by atoms with Gasteiger partial charge in [-0.1, -0.05) is 0 Å². The van der Waals surface area contributed by atoms with Crippen molar-refractivity contribution in [1.82, 2.24) is 14.6 Å². The van der Waals surface area contributed by atoms with Gasteiger partial charge in [0.1, 0.15) is 4.90 Å². The summed E-state index contributed by atoms with van der Waals surface area (Å²) in [5.74, 6) is 0. The van der Waals surface area contributed by atoms with Crippen molar-refractivity contribution in [3.63, 3.8) is 0 Å².